The Labute approximate surface area is 197 Å². The standard InChI is InChI=1S/C24H17ClN2O7/c1-13(16-4-2-3-5-17(16)25)32-23(30)26-19-12-31-27-18(19)7-6-15-10-14-11-20(34-21(14)33-15)24(8-9-24)22(28)29/h2-5,10-13H,8-9H2,1H3,(H,26,30)(H,28,29). The van der Waals surface area contributed by atoms with Crippen LogP contribution in [0.2, 0.25) is 5.02 Å². The molecule has 9 nitrogen and oxygen atoms in total. The minimum atomic E-state index is -0.952. The predicted molar refractivity (Wildman–Crippen MR) is 119 cm³/mol. The molecule has 3 heterocycles. The highest BCUT2D eigenvalue weighted by Crippen LogP contribution is 2.50. The van der Waals surface area contributed by atoms with Gasteiger partial charge >= 0.3 is 12.1 Å². The fourth-order valence-electron chi connectivity index (χ4n) is 3.53. The van der Waals surface area contributed by atoms with Crippen molar-refractivity contribution in [3.8, 4) is 11.8 Å². The minimum absolute atomic E-state index is 0.166. The summed E-state index contributed by atoms with van der Waals surface area (Å²) in [4.78, 5) is 23.8. The Balaban J connectivity index is 1.27. The number of benzene rings is 1. The largest absolute Gasteiger partial charge is 0.480 e. The molecule has 1 fully saturated rings. The van der Waals surface area contributed by atoms with E-state index in [1.807, 2.05) is 0 Å². The van der Waals surface area contributed by atoms with Crippen LogP contribution in [0.1, 0.15) is 48.6 Å². The first-order valence-corrected chi connectivity index (χ1v) is 10.7. The lowest BCUT2D eigenvalue weighted by atomic mass is 10.0. The molecule has 0 aliphatic heterocycles. The molecule has 2 N–H and O–H groups in total. The van der Waals surface area contributed by atoms with Gasteiger partial charge in [0.25, 0.3) is 5.78 Å². The topological polar surface area (TPSA) is 128 Å². The van der Waals surface area contributed by atoms with Gasteiger partial charge in [0.15, 0.2) is 11.5 Å². The molecular weight excluding hydrogens is 464 g/mol. The van der Waals surface area contributed by atoms with Gasteiger partial charge in [-0.2, -0.15) is 0 Å². The number of nitrogens with zero attached hydrogens (tertiary/aromatic N) is 1. The summed E-state index contributed by atoms with van der Waals surface area (Å²) < 4.78 is 21.5. The van der Waals surface area contributed by atoms with Gasteiger partial charge in [0.2, 0.25) is 0 Å². The van der Waals surface area contributed by atoms with Gasteiger partial charge < -0.3 is 23.2 Å². The van der Waals surface area contributed by atoms with Crippen LogP contribution in [0.5, 0.6) is 0 Å². The first kappa shape index (κ1) is 21.7. The first-order valence-electron chi connectivity index (χ1n) is 10.3. The van der Waals surface area contributed by atoms with Gasteiger partial charge in [0.05, 0.1) is 5.39 Å². The van der Waals surface area contributed by atoms with Crippen LogP contribution in [-0.4, -0.2) is 22.3 Å². The van der Waals surface area contributed by atoms with Gasteiger partial charge in [0, 0.05) is 16.7 Å². The van der Waals surface area contributed by atoms with E-state index in [4.69, 9.17) is 29.7 Å². The summed E-state index contributed by atoms with van der Waals surface area (Å²) in [5, 5.41) is 16.8. The van der Waals surface area contributed by atoms with E-state index in [0.29, 0.717) is 34.6 Å². The quantitative estimate of drug-likeness (QED) is 0.359. The van der Waals surface area contributed by atoms with Crippen LogP contribution >= 0.6 is 11.6 Å². The minimum Gasteiger partial charge on any atom is -0.480 e. The number of hydrogen-bond donors (Lipinski definition) is 2. The number of aliphatic carboxylic acids is 1. The van der Waals surface area contributed by atoms with Crippen molar-refractivity contribution < 1.29 is 32.8 Å². The molecule has 10 heteroatoms. The summed E-state index contributed by atoms with van der Waals surface area (Å²) in [6.45, 7) is 1.70. The predicted octanol–water partition coefficient (Wildman–Crippen LogP) is 5.49. The third kappa shape index (κ3) is 4.00. The number of amides is 1. The molecule has 1 saturated carbocycles. The molecule has 1 aliphatic rings. The van der Waals surface area contributed by atoms with Crippen LogP contribution < -0.4 is 5.32 Å². The maximum absolute atomic E-state index is 12.3. The number of carbonyl (C=O) groups is 2. The van der Waals surface area contributed by atoms with Crippen molar-refractivity contribution in [1.82, 2.24) is 5.16 Å². The smallest absolute Gasteiger partial charge is 0.412 e. The normalized spacial score (nSPS) is 14.8. The zero-order chi connectivity index (χ0) is 23.9. The number of furan rings is 2. The van der Waals surface area contributed by atoms with Crippen LogP contribution in [0.4, 0.5) is 10.5 Å². The second kappa shape index (κ2) is 8.32. The molecule has 0 saturated heterocycles. The number of carbonyl (C=O) groups excluding carboxylic acids is 1. The second-order valence-corrected chi connectivity index (χ2v) is 8.28. The van der Waals surface area contributed by atoms with Crippen molar-refractivity contribution in [3.63, 3.8) is 0 Å². The Morgan fingerprint density at radius 1 is 1.24 bits per heavy atom. The highest BCUT2D eigenvalue weighted by Gasteiger charge is 2.54. The number of hydrogen-bond acceptors (Lipinski definition) is 7. The van der Waals surface area contributed by atoms with Crippen molar-refractivity contribution in [3.05, 3.63) is 70.5 Å². The van der Waals surface area contributed by atoms with Gasteiger partial charge in [-0.25, -0.2) is 4.79 Å². The van der Waals surface area contributed by atoms with Gasteiger partial charge in [0.1, 0.15) is 29.2 Å². The lowest BCUT2D eigenvalue weighted by Crippen LogP contribution is -2.18. The summed E-state index contributed by atoms with van der Waals surface area (Å²) in [7, 11) is 0. The van der Waals surface area contributed by atoms with E-state index in [2.05, 4.69) is 22.3 Å². The summed E-state index contributed by atoms with van der Waals surface area (Å²) in [6.07, 6.45) is 0.989. The molecule has 0 radical (unpaired) electrons. The van der Waals surface area contributed by atoms with Crippen LogP contribution in [-0.2, 0) is 14.9 Å². The molecule has 0 spiro atoms. The maximum atomic E-state index is 12.3. The van der Waals surface area contributed by atoms with Gasteiger partial charge in [-0.1, -0.05) is 35.0 Å². The summed E-state index contributed by atoms with van der Waals surface area (Å²) >= 11 is 6.14. The lowest BCUT2D eigenvalue weighted by molar-refractivity contribution is -0.140. The number of aromatic nitrogens is 1. The zero-order valence-electron chi connectivity index (χ0n) is 17.8. The number of carboxylic acid groups (broad SMARTS) is 1. The van der Waals surface area contributed by atoms with E-state index >= 15 is 0 Å². The average molecular weight is 481 g/mol. The Hall–Kier alpha value is -4.16. The molecule has 34 heavy (non-hydrogen) atoms. The van der Waals surface area contributed by atoms with E-state index in [-0.39, 0.29) is 22.9 Å². The monoisotopic (exact) mass is 480 g/mol. The molecule has 3 aromatic heterocycles. The molecule has 1 aliphatic carbocycles. The molecule has 5 rings (SSSR count). The van der Waals surface area contributed by atoms with Crippen molar-refractivity contribution >= 4 is 40.5 Å². The highest BCUT2D eigenvalue weighted by atomic mass is 35.5. The van der Waals surface area contributed by atoms with E-state index < -0.39 is 23.6 Å². The number of nitrogens with one attached hydrogen (secondary N) is 1. The Kier molecular flexibility index (Phi) is 5.30. The first-order chi connectivity index (χ1) is 16.4. The average Bonchev–Trinajstić information content (AvgIpc) is 3.12. The third-order valence-electron chi connectivity index (χ3n) is 5.58. The highest BCUT2D eigenvalue weighted by molar-refractivity contribution is 6.31. The van der Waals surface area contributed by atoms with Crippen molar-refractivity contribution in [2.24, 2.45) is 0 Å². The van der Waals surface area contributed by atoms with E-state index in [0.717, 1.165) is 0 Å². The summed E-state index contributed by atoms with van der Waals surface area (Å²) in [5.41, 5.74) is 0.107. The Bertz CT molecular complexity index is 1430. The van der Waals surface area contributed by atoms with E-state index in [1.54, 1.807) is 43.3 Å². The summed E-state index contributed by atoms with van der Waals surface area (Å²) in [6, 6.07) is 10.4. The Morgan fingerprint density at radius 3 is 2.74 bits per heavy atom. The SMILES string of the molecule is CC(OC(=O)Nc1conc1C#Cc1cc2cc(C3(C(=O)O)CC3)oc2o1)c1ccccc1Cl. The van der Waals surface area contributed by atoms with Gasteiger partial charge in [-0.05, 0) is 43.7 Å². The summed E-state index contributed by atoms with van der Waals surface area (Å²) in [5.74, 6) is 5.49. The van der Waals surface area contributed by atoms with E-state index in [9.17, 15) is 14.7 Å². The molecule has 4 aromatic rings. The number of rotatable bonds is 5. The number of anilines is 1. The lowest BCUT2D eigenvalue weighted by Gasteiger charge is -2.14. The molecule has 1 amide bonds. The second-order valence-electron chi connectivity index (χ2n) is 7.87. The molecule has 1 aromatic carbocycles. The fraction of sp³-hybridized carbons (Fsp3) is 0.208. The molecule has 1 atom stereocenters. The number of halogens is 1. The van der Waals surface area contributed by atoms with Crippen LogP contribution in [0, 0.1) is 11.8 Å². The molecular formula is C24H17ClN2O7. The van der Waals surface area contributed by atoms with Crippen molar-refractivity contribution in [2.45, 2.75) is 31.3 Å². The van der Waals surface area contributed by atoms with Crippen LogP contribution in [0.3, 0.4) is 0 Å². The van der Waals surface area contributed by atoms with E-state index in [1.165, 1.54) is 6.26 Å². The van der Waals surface area contributed by atoms with Crippen LogP contribution in [0.15, 0.2) is 56.0 Å². The number of fused-ring (bicyclic) bond motifs is 1. The maximum Gasteiger partial charge on any atom is 0.412 e. The third-order valence-corrected chi connectivity index (χ3v) is 5.93. The van der Waals surface area contributed by atoms with Gasteiger partial charge in [-0.15, -0.1) is 0 Å². The van der Waals surface area contributed by atoms with Gasteiger partial charge in [-0.3, -0.25) is 10.1 Å². The van der Waals surface area contributed by atoms with Crippen molar-refractivity contribution in [2.75, 3.05) is 5.32 Å². The molecule has 172 valence electrons. The molecule has 1 unspecified atom stereocenters. The Morgan fingerprint density at radius 2 is 2.03 bits per heavy atom. The van der Waals surface area contributed by atoms with Crippen molar-refractivity contribution in [1.29, 1.82) is 0 Å². The number of ether oxygens (including phenoxy) is 1. The van der Waals surface area contributed by atoms with Crippen LogP contribution in [0.25, 0.3) is 11.2 Å². The molecule has 0 bridgehead atoms. The fourth-order valence-corrected chi connectivity index (χ4v) is 3.82. The zero-order valence-corrected chi connectivity index (χ0v) is 18.5. The number of carboxylic acids is 1.